The Labute approximate surface area is 111 Å². The number of nitrogens with zero attached hydrogens (tertiary/aromatic N) is 1. The Bertz CT molecular complexity index is 616. The molecule has 0 bridgehead atoms. The fourth-order valence-corrected chi connectivity index (χ4v) is 2.33. The first kappa shape index (κ1) is 13.6. The molecule has 102 valence electrons. The molecule has 3 nitrogen and oxygen atoms in total. The average Bonchev–Trinajstić information content (AvgIpc) is 2.70. The summed E-state index contributed by atoms with van der Waals surface area (Å²) in [7, 11) is 0. The molecule has 1 atom stereocenters. The highest BCUT2D eigenvalue weighted by atomic mass is 19.1. The number of aromatic nitrogens is 1. The van der Waals surface area contributed by atoms with E-state index >= 15 is 0 Å². The van der Waals surface area contributed by atoms with Gasteiger partial charge in [0.2, 0.25) is 0 Å². The summed E-state index contributed by atoms with van der Waals surface area (Å²) in [5, 5.41) is 9.81. The standard InChI is InChI=1S/C15H18FNO2/c1-9(2)17-8-11(7-10(3)15(18)19)12-5-4-6-13(16)14(12)17/h4-6,8-10H,7H2,1-3H3,(H,18,19). The maximum absolute atomic E-state index is 14.0. The van der Waals surface area contributed by atoms with Gasteiger partial charge in [-0.1, -0.05) is 19.1 Å². The highest BCUT2D eigenvalue weighted by Crippen LogP contribution is 2.28. The number of carboxylic acids is 1. The maximum Gasteiger partial charge on any atom is 0.306 e. The van der Waals surface area contributed by atoms with Crippen LogP contribution in [-0.4, -0.2) is 15.6 Å². The maximum atomic E-state index is 14.0. The van der Waals surface area contributed by atoms with Crippen LogP contribution in [0, 0.1) is 11.7 Å². The average molecular weight is 263 g/mol. The van der Waals surface area contributed by atoms with Crippen molar-refractivity contribution >= 4 is 16.9 Å². The molecule has 0 saturated carbocycles. The van der Waals surface area contributed by atoms with E-state index in [9.17, 15) is 9.18 Å². The first-order valence-electron chi connectivity index (χ1n) is 6.42. The van der Waals surface area contributed by atoms with Crippen molar-refractivity contribution in [2.24, 2.45) is 5.92 Å². The Balaban J connectivity index is 2.57. The Morgan fingerprint density at radius 2 is 2.05 bits per heavy atom. The van der Waals surface area contributed by atoms with Crippen LogP contribution < -0.4 is 0 Å². The predicted molar refractivity (Wildman–Crippen MR) is 72.8 cm³/mol. The van der Waals surface area contributed by atoms with Gasteiger partial charge in [0.15, 0.2) is 0 Å². The molecule has 1 unspecified atom stereocenters. The Hall–Kier alpha value is -1.84. The van der Waals surface area contributed by atoms with Crippen molar-refractivity contribution in [3.63, 3.8) is 0 Å². The molecule has 2 aromatic rings. The Morgan fingerprint density at radius 3 is 2.63 bits per heavy atom. The molecule has 1 aromatic heterocycles. The zero-order valence-corrected chi connectivity index (χ0v) is 11.4. The smallest absolute Gasteiger partial charge is 0.306 e. The summed E-state index contributed by atoms with van der Waals surface area (Å²) in [6.45, 7) is 5.63. The number of carbonyl (C=O) groups is 1. The van der Waals surface area contributed by atoms with Gasteiger partial charge in [-0.25, -0.2) is 4.39 Å². The van der Waals surface area contributed by atoms with Gasteiger partial charge in [0.1, 0.15) is 5.82 Å². The van der Waals surface area contributed by atoms with Crippen molar-refractivity contribution in [2.75, 3.05) is 0 Å². The second-order valence-corrected chi connectivity index (χ2v) is 5.23. The fourth-order valence-electron chi connectivity index (χ4n) is 2.33. The van der Waals surface area contributed by atoms with E-state index in [1.807, 2.05) is 30.7 Å². The van der Waals surface area contributed by atoms with Crippen LogP contribution in [0.5, 0.6) is 0 Å². The molecule has 1 N–H and O–H groups in total. The highest BCUT2D eigenvalue weighted by molar-refractivity contribution is 5.85. The number of fused-ring (bicyclic) bond motifs is 1. The van der Waals surface area contributed by atoms with Crippen LogP contribution in [0.3, 0.4) is 0 Å². The molecule has 1 heterocycles. The first-order valence-corrected chi connectivity index (χ1v) is 6.42. The summed E-state index contributed by atoms with van der Waals surface area (Å²) in [6, 6.07) is 5.08. The number of carboxylic acid groups (broad SMARTS) is 1. The van der Waals surface area contributed by atoms with Gasteiger partial charge in [0, 0.05) is 17.6 Å². The molecule has 0 spiro atoms. The highest BCUT2D eigenvalue weighted by Gasteiger charge is 2.18. The molecule has 0 aliphatic rings. The van der Waals surface area contributed by atoms with Gasteiger partial charge in [0.25, 0.3) is 0 Å². The minimum Gasteiger partial charge on any atom is -0.481 e. The molecule has 0 fully saturated rings. The zero-order valence-electron chi connectivity index (χ0n) is 11.4. The third-order valence-electron chi connectivity index (χ3n) is 3.39. The monoisotopic (exact) mass is 263 g/mol. The van der Waals surface area contributed by atoms with Crippen LogP contribution >= 0.6 is 0 Å². The van der Waals surface area contributed by atoms with E-state index in [4.69, 9.17) is 5.11 Å². The normalized spacial score (nSPS) is 13.1. The van der Waals surface area contributed by atoms with Crippen LogP contribution in [0.25, 0.3) is 10.9 Å². The lowest BCUT2D eigenvalue weighted by Crippen LogP contribution is -2.12. The molecule has 0 aliphatic carbocycles. The van der Waals surface area contributed by atoms with E-state index in [1.165, 1.54) is 6.07 Å². The zero-order chi connectivity index (χ0) is 14.2. The summed E-state index contributed by atoms with van der Waals surface area (Å²) >= 11 is 0. The number of aliphatic carboxylic acids is 1. The van der Waals surface area contributed by atoms with Crippen molar-refractivity contribution in [1.29, 1.82) is 0 Å². The minimum atomic E-state index is -0.832. The van der Waals surface area contributed by atoms with Crippen LogP contribution in [0.15, 0.2) is 24.4 Å². The van der Waals surface area contributed by atoms with Gasteiger partial charge >= 0.3 is 5.97 Å². The molecule has 4 heteroatoms. The lowest BCUT2D eigenvalue weighted by atomic mass is 10.0. The summed E-state index contributed by atoms with van der Waals surface area (Å²) in [4.78, 5) is 11.0. The Kier molecular flexibility index (Phi) is 3.60. The summed E-state index contributed by atoms with van der Waals surface area (Å²) < 4.78 is 15.8. The first-order chi connectivity index (χ1) is 8.91. The van der Waals surface area contributed by atoms with E-state index in [1.54, 1.807) is 13.0 Å². The molecule has 19 heavy (non-hydrogen) atoms. The summed E-state index contributed by atoms with van der Waals surface area (Å²) in [5.41, 5.74) is 1.45. The molecular weight excluding hydrogens is 245 g/mol. The van der Waals surface area contributed by atoms with Crippen LogP contribution in [-0.2, 0) is 11.2 Å². The SMILES string of the molecule is CC(Cc1cn(C(C)C)c2c(F)cccc12)C(=O)O. The van der Waals surface area contributed by atoms with Crippen molar-refractivity contribution in [3.05, 3.63) is 35.8 Å². The van der Waals surface area contributed by atoms with Crippen LogP contribution in [0.1, 0.15) is 32.4 Å². The van der Waals surface area contributed by atoms with Gasteiger partial charge in [-0.15, -0.1) is 0 Å². The van der Waals surface area contributed by atoms with E-state index in [-0.39, 0.29) is 11.9 Å². The third kappa shape index (κ3) is 2.48. The van der Waals surface area contributed by atoms with Gasteiger partial charge in [0.05, 0.1) is 11.4 Å². The van der Waals surface area contributed by atoms with Crippen LogP contribution in [0.4, 0.5) is 4.39 Å². The molecule has 0 radical (unpaired) electrons. The molecule has 0 aliphatic heterocycles. The van der Waals surface area contributed by atoms with Crippen molar-refractivity contribution < 1.29 is 14.3 Å². The van der Waals surface area contributed by atoms with Crippen LogP contribution in [0.2, 0.25) is 0 Å². The molecule has 0 saturated heterocycles. The number of hydrogen-bond acceptors (Lipinski definition) is 1. The quantitative estimate of drug-likeness (QED) is 0.915. The Morgan fingerprint density at radius 1 is 1.37 bits per heavy atom. The van der Waals surface area contributed by atoms with Gasteiger partial charge < -0.3 is 9.67 Å². The lowest BCUT2D eigenvalue weighted by Gasteiger charge is -2.09. The number of hydrogen-bond donors (Lipinski definition) is 1. The number of halogens is 1. The molecule has 2 rings (SSSR count). The van der Waals surface area contributed by atoms with Crippen molar-refractivity contribution in [3.8, 4) is 0 Å². The molecule has 1 aromatic carbocycles. The number of para-hydroxylation sites is 1. The van der Waals surface area contributed by atoms with Gasteiger partial charge in [-0.2, -0.15) is 0 Å². The number of rotatable bonds is 4. The summed E-state index contributed by atoms with van der Waals surface area (Å²) in [6.07, 6.45) is 2.28. The lowest BCUT2D eigenvalue weighted by molar-refractivity contribution is -0.141. The molecule has 0 amide bonds. The van der Waals surface area contributed by atoms with E-state index in [0.717, 1.165) is 10.9 Å². The fraction of sp³-hybridized carbons (Fsp3) is 0.400. The van der Waals surface area contributed by atoms with Gasteiger partial charge in [-0.05, 0) is 31.9 Å². The number of benzene rings is 1. The van der Waals surface area contributed by atoms with E-state index in [2.05, 4.69) is 0 Å². The molecular formula is C15H18FNO2. The van der Waals surface area contributed by atoms with E-state index < -0.39 is 11.9 Å². The summed E-state index contributed by atoms with van der Waals surface area (Å²) in [5.74, 6) is -1.57. The van der Waals surface area contributed by atoms with Crippen molar-refractivity contribution in [1.82, 2.24) is 4.57 Å². The van der Waals surface area contributed by atoms with E-state index in [0.29, 0.717) is 11.9 Å². The predicted octanol–water partition coefficient (Wildman–Crippen LogP) is 3.62. The topological polar surface area (TPSA) is 42.2 Å². The largest absolute Gasteiger partial charge is 0.481 e. The third-order valence-corrected chi connectivity index (χ3v) is 3.39. The van der Waals surface area contributed by atoms with Crippen molar-refractivity contribution in [2.45, 2.75) is 33.2 Å². The second kappa shape index (κ2) is 5.03. The minimum absolute atomic E-state index is 0.133. The second-order valence-electron chi connectivity index (χ2n) is 5.23. The van der Waals surface area contributed by atoms with Gasteiger partial charge in [-0.3, -0.25) is 4.79 Å².